The van der Waals surface area contributed by atoms with Crippen molar-refractivity contribution in [2.75, 3.05) is 33.3 Å². The number of alkyl halides is 3. The number of amidine groups is 1. The third kappa shape index (κ3) is 7.13. The zero-order valence-corrected chi connectivity index (χ0v) is 19.2. The van der Waals surface area contributed by atoms with E-state index in [2.05, 4.69) is 21.7 Å². The molecule has 33 heavy (non-hydrogen) atoms. The van der Waals surface area contributed by atoms with Crippen LogP contribution in [0.15, 0.2) is 58.4 Å². The molecule has 1 heterocycles. The van der Waals surface area contributed by atoms with Crippen LogP contribution < -0.4 is 4.74 Å². The summed E-state index contributed by atoms with van der Waals surface area (Å²) in [6, 6.07) is 12.8. The Kier molecular flexibility index (Phi) is 8.25. The van der Waals surface area contributed by atoms with E-state index in [0.29, 0.717) is 35.4 Å². The largest absolute Gasteiger partial charge is 0.482 e. The van der Waals surface area contributed by atoms with Gasteiger partial charge in [0.15, 0.2) is 11.8 Å². The first kappa shape index (κ1) is 24.9. The molecule has 0 amide bonds. The lowest BCUT2D eigenvalue weighted by Crippen LogP contribution is -2.52. The maximum absolute atomic E-state index is 13.0. The maximum atomic E-state index is 13.0. The molecule has 1 aliphatic heterocycles. The summed E-state index contributed by atoms with van der Waals surface area (Å²) in [7, 11) is 1.65. The lowest BCUT2D eigenvalue weighted by atomic mass is 10.1. The van der Waals surface area contributed by atoms with E-state index < -0.39 is 17.7 Å². The van der Waals surface area contributed by atoms with Gasteiger partial charge in [0.1, 0.15) is 5.75 Å². The van der Waals surface area contributed by atoms with Crippen LogP contribution in [0.4, 0.5) is 13.2 Å². The molecule has 1 saturated heterocycles. The number of ether oxygens (including phenoxy) is 1. The molecule has 0 aromatic heterocycles. The summed E-state index contributed by atoms with van der Waals surface area (Å²) in [6.07, 6.45) is -4.38. The Bertz CT molecular complexity index is 1000. The van der Waals surface area contributed by atoms with E-state index in [1.165, 1.54) is 17.8 Å². The Morgan fingerprint density at radius 3 is 2.64 bits per heavy atom. The predicted molar refractivity (Wildman–Crippen MR) is 122 cm³/mol. The molecule has 6 nitrogen and oxygen atoms in total. The van der Waals surface area contributed by atoms with E-state index in [1.807, 2.05) is 18.2 Å². The van der Waals surface area contributed by atoms with E-state index in [-0.39, 0.29) is 12.6 Å². The highest BCUT2D eigenvalue weighted by molar-refractivity contribution is 8.13. The van der Waals surface area contributed by atoms with Gasteiger partial charge in [0, 0.05) is 44.2 Å². The summed E-state index contributed by atoms with van der Waals surface area (Å²) in [5.74, 6) is -0.513. The highest BCUT2D eigenvalue weighted by Crippen LogP contribution is 2.33. The fraction of sp³-hybridized carbons (Fsp3) is 0.391. The van der Waals surface area contributed by atoms with Crippen LogP contribution in [-0.4, -0.2) is 65.4 Å². The summed E-state index contributed by atoms with van der Waals surface area (Å²) >= 11 is 1.24. The molecule has 0 bridgehead atoms. The number of piperazine rings is 1. The number of carboxylic acids is 1. The molecule has 1 fully saturated rings. The molecule has 0 spiro atoms. The first-order valence-electron chi connectivity index (χ1n) is 10.4. The van der Waals surface area contributed by atoms with Crippen molar-refractivity contribution >= 4 is 22.9 Å². The van der Waals surface area contributed by atoms with E-state index in [4.69, 9.17) is 9.84 Å². The van der Waals surface area contributed by atoms with E-state index in [1.54, 1.807) is 19.2 Å². The molecule has 1 atom stereocenters. The summed E-state index contributed by atoms with van der Waals surface area (Å²) in [5, 5.41) is 9.46. The van der Waals surface area contributed by atoms with Crippen molar-refractivity contribution in [2.24, 2.45) is 4.99 Å². The van der Waals surface area contributed by atoms with Gasteiger partial charge in [0.2, 0.25) is 0 Å². The van der Waals surface area contributed by atoms with Crippen LogP contribution in [0.2, 0.25) is 0 Å². The van der Waals surface area contributed by atoms with Crippen molar-refractivity contribution in [1.82, 2.24) is 9.80 Å². The number of halogens is 3. The summed E-state index contributed by atoms with van der Waals surface area (Å²) in [4.78, 5) is 19.9. The van der Waals surface area contributed by atoms with Gasteiger partial charge in [-0.05, 0) is 42.8 Å². The highest BCUT2D eigenvalue weighted by atomic mass is 32.2. The number of hydrogen-bond acceptors (Lipinski definition) is 5. The van der Waals surface area contributed by atoms with Crippen molar-refractivity contribution in [3.63, 3.8) is 0 Å². The van der Waals surface area contributed by atoms with Gasteiger partial charge in [0.25, 0.3) is 0 Å². The average molecular weight is 482 g/mol. The third-order valence-corrected chi connectivity index (χ3v) is 6.36. The number of nitrogens with zero attached hydrogens (tertiary/aromatic N) is 3. The number of aliphatic carboxylic acids is 1. The van der Waals surface area contributed by atoms with Gasteiger partial charge in [-0.1, -0.05) is 30.0 Å². The van der Waals surface area contributed by atoms with Crippen molar-refractivity contribution in [3.8, 4) is 5.75 Å². The van der Waals surface area contributed by atoms with Crippen LogP contribution in [-0.2, 0) is 17.5 Å². The Hall–Kier alpha value is -2.72. The second-order valence-electron chi connectivity index (χ2n) is 7.73. The van der Waals surface area contributed by atoms with Crippen LogP contribution in [0.5, 0.6) is 5.75 Å². The molecule has 2 aromatic carbocycles. The lowest BCUT2D eigenvalue weighted by Gasteiger charge is -2.41. The first-order chi connectivity index (χ1) is 15.7. The normalized spacial score (nSPS) is 17.8. The molecule has 10 heteroatoms. The molecule has 0 aliphatic carbocycles. The minimum atomic E-state index is -4.38. The fourth-order valence-corrected chi connectivity index (χ4v) is 4.54. The van der Waals surface area contributed by atoms with Crippen LogP contribution >= 0.6 is 11.8 Å². The Morgan fingerprint density at radius 2 is 1.97 bits per heavy atom. The SMILES string of the molecule is CN=C(Sc1cccc(C(F)(F)F)c1)N1CCN(Cc2cccc(OCC(=O)O)c2)C(C)C1. The van der Waals surface area contributed by atoms with Crippen LogP contribution in [0.3, 0.4) is 0 Å². The Balaban J connectivity index is 1.60. The number of carboxylic acid groups (broad SMARTS) is 1. The molecule has 178 valence electrons. The molecular formula is C23H26F3N3O3S. The summed E-state index contributed by atoms with van der Waals surface area (Å²) < 4.78 is 44.3. The zero-order valence-electron chi connectivity index (χ0n) is 18.4. The van der Waals surface area contributed by atoms with Gasteiger partial charge >= 0.3 is 12.1 Å². The maximum Gasteiger partial charge on any atom is 0.416 e. The molecule has 0 radical (unpaired) electrons. The minimum Gasteiger partial charge on any atom is -0.482 e. The first-order valence-corrected chi connectivity index (χ1v) is 11.2. The molecule has 1 unspecified atom stereocenters. The van der Waals surface area contributed by atoms with Gasteiger partial charge in [-0.3, -0.25) is 9.89 Å². The third-order valence-electron chi connectivity index (χ3n) is 5.24. The molecule has 1 N–H and O–H groups in total. The van der Waals surface area contributed by atoms with Gasteiger partial charge in [-0.15, -0.1) is 0 Å². The smallest absolute Gasteiger partial charge is 0.416 e. The van der Waals surface area contributed by atoms with Crippen molar-refractivity contribution in [2.45, 2.75) is 30.6 Å². The molecular weight excluding hydrogens is 455 g/mol. The second-order valence-corrected chi connectivity index (χ2v) is 8.77. The topological polar surface area (TPSA) is 65.4 Å². The van der Waals surface area contributed by atoms with Gasteiger partial charge in [-0.2, -0.15) is 13.2 Å². The monoisotopic (exact) mass is 481 g/mol. The summed E-state index contributed by atoms with van der Waals surface area (Å²) in [6.45, 7) is 4.52. The predicted octanol–water partition coefficient (Wildman–Crippen LogP) is 4.45. The van der Waals surface area contributed by atoms with Gasteiger partial charge < -0.3 is 14.7 Å². The van der Waals surface area contributed by atoms with Gasteiger partial charge in [0.05, 0.1) is 5.56 Å². The number of benzene rings is 2. The molecule has 0 saturated carbocycles. The molecule has 2 aromatic rings. The number of rotatable bonds is 6. The zero-order chi connectivity index (χ0) is 24.0. The highest BCUT2D eigenvalue weighted by Gasteiger charge is 2.31. The van der Waals surface area contributed by atoms with E-state index in [0.717, 1.165) is 24.2 Å². The second kappa shape index (κ2) is 10.9. The van der Waals surface area contributed by atoms with Crippen molar-refractivity contribution in [1.29, 1.82) is 0 Å². The number of aliphatic imine (C=N–C) groups is 1. The average Bonchev–Trinajstić information content (AvgIpc) is 2.77. The standard InChI is InChI=1S/C23H26F3N3O3S/c1-16-13-29(22(27-2)33-20-8-4-6-18(12-20)23(24,25)26)10-9-28(16)14-17-5-3-7-19(11-17)32-15-21(30)31/h3-8,11-12,16H,9-10,13-15H2,1-2H3,(H,30,31). The summed E-state index contributed by atoms with van der Waals surface area (Å²) in [5.41, 5.74) is 0.344. The Morgan fingerprint density at radius 1 is 1.21 bits per heavy atom. The van der Waals surface area contributed by atoms with Crippen molar-refractivity contribution in [3.05, 3.63) is 59.7 Å². The van der Waals surface area contributed by atoms with Crippen LogP contribution in [0.1, 0.15) is 18.1 Å². The lowest BCUT2D eigenvalue weighted by molar-refractivity contribution is -0.139. The molecule has 1 aliphatic rings. The fourth-order valence-electron chi connectivity index (χ4n) is 3.61. The minimum absolute atomic E-state index is 0.182. The van der Waals surface area contributed by atoms with E-state index in [9.17, 15) is 18.0 Å². The number of thioether (sulfide) groups is 1. The van der Waals surface area contributed by atoms with Crippen LogP contribution in [0, 0.1) is 0 Å². The van der Waals surface area contributed by atoms with E-state index >= 15 is 0 Å². The Labute approximate surface area is 195 Å². The number of carbonyl (C=O) groups is 1. The quantitative estimate of drug-likeness (QED) is 0.374. The van der Waals surface area contributed by atoms with Crippen LogP contribution in [0.25, 0.3) is 0 Å². The van der Waals surface area contributed by atoms with Gasteiger partial charge in [-0.25, -0.2) is 4.79 Å². The number of hydrogen-bond donors (Lipinski definition) is 1. The van der Waals surface area contributed by atoms with Crippen molar-refractivity contribution < 1.29 is 27.8 Å². The molecule has 3 rings (SSSR count).